The van der Waals surface area contributed by atoms with Gasteiger partial charge in [-0.3, -0.25) is 0 Å². The van der Waals surface area contributed by atoms with Gasteiger partial charge in [-0.15, -0.1) is 24.0 Å². The molecule has 2 N–H and O–H groups in total. The van der Waals surface area contributed by atoms with Crippen LogP contribution in [0.4, 0.5) is 0 Å². The van der Waals surface area contributed by atoms with Gasteiger partial charge in [0.2, 0.25) is 0 Å². The van der Waals surface area contributed by atoms with Crippen LogP contribution in [0.5, 0.6) is 5.75 Å². The summed E-state index contributed by atoms with van der Waals surface area (Å²) in [6, 6.07) is 18.1. The molecule has 4 nitrogen and oxygen atoms in total. The number of hydrogen-bond donors (Lipinski definition) is 1. The van der Waals surface area contributed by atoms with Crippen molar-refractivity contribution in [2.75, 3.05) is 13.1 Å². The van der Waals surface area contributed by atoms with Crippen LogP contribution in [-0.4, -0.2) is 23.9 Å². The van der Waals surface area contributed by atoms with E-state index < -0.39 is 0 Å². The van der Waals surface area contributed by atoms with Gasteiger partial charge in [0, 0.05) is 13.1 Å². The minimum absolute atomic E-state index is 0. The van der Waals surface area contributed by atoms with Crippen LogP contribution in [0.1, 0.15) is 25.0 Å². The van der Waals surface area contributed by atoms with E-state index in [1.807, 2.05) is 47.4 Å². The zero-order chi connectivity index (χ0) is 16.5. The van der Waals surface area contributed by atoms with E-state index in [0.29, 0.717) is 19.1 Å². The van der Waals surface area contributed by atoms with Crippen molar-refractivity contribution in [1.29, 1.82) is 0 Å². The van der Waals surface area contributed by atoms with Crippen molar-refractivity contribution >= 4 is 29.9 Å². The maximum atomic E-state index is 6.00. The Kier molecular flexibility index (Phi) is 9.22. The van der Waals surface area contributed by atoms with Crippen molar-refractivity contribution in [2.24, 2.45) is 10.7 Å². The van der Waals surface area contributed by atoms with Crippen molar-refractivity contribution in [3.05, 3.63) is 65.7 Å². The molecule has 0 heterocycles. The smallest absolute Gasteiger partial charge is 0.191 e. The summed E-state index contributed by atoms with van der Waals surface area (Å²) in [6.45, 7) is 7.01. The molecule has 0 unspecified atom stereocenters. The minimum Gasteiger partial charge on any atom is -0.489 e. The van der Waals surface area contributed by atoms with Gasteiger partial charge in [-0.1, -0.05) is 42.5 Å². The first-order chi connectivity index (χ1) is 11.2. The molecule has 2 aromatic carbocycles. The van der Waals surface area contributed by atoms with Gasteiger partial charge < -0.3 is 15.4 Å². The highest BCUT2D eigenvalue weighted by Crippen LogP contribution is 2.16. The second-order valence-electron chi connectivity index (χ2n) is 5.27. The van der Waals surface area contributed by atoms with Gasteiger partial charge in [-0.2, -0.15) is 0 Å². The van der Waals surface area contributed by atoms with Crippen LogP contribution >= 0.6 is 24.0 Å². The lowest BCUT2D eigenvalue weighted by molar-refractivity contribution is 0.306. The maximum Gasteiger partial charge on any atom is 0.191 e. The van der Waals surface area contributed by atoms with E-state index in [0.717, 1.165) is 30.0 Å². The molecule has 0 radical (unpaired) electrons. The van der Waals surface area contributed by atoms with Crippen LogP contribution in [0.25, 0.3) is 0 Å². The molecule has 24 heavy (non-hydrogen) atoms. The Labute approximate surface area is 161 Å². The number of ether oxygens (including phenoxy) is 1. The van der Waals surface area contributed by atoms with Gasteiger partial charge in [0.1, 0.15) is 12.4 Å². The number of benzene rings is 2. The standard InChI is InChI=1S/C19H25N3O.HI/c1-3-22(4-2)19(20)21-14-17-11-8-12-18(13-17)23-15-16-9-6-5-7-10-16;/h5-13H,3-4,14-15H2,1-2H3,(H2,20,21);1H. The van der Waals surface area contributed by atoms with Crippen LogP contribution in [0.3, 0.4) is 0 Å². The number of hydrogen-bond acceptors (Lipinski definition) is 2. The predicted octanol–water partition coefficient (Wildman–Crippen LogP) is 4.04. The third-order valence-corrected chi connectivity index (χ3v) is 3.66. The van der Waals surface area contributed by atoms with Gasteiger partial charge in [0.25, 0.3) is 0 Å². The van der Waals surface area contributed by atoms with Crippen molar-refractivity contribution in [2.45, 2.75) is 27.0 Å². The average molecular weight is 439 g/mol. The topological polar surface area (TPSA) is 50.8 Å². The van der Waals surface area contributed by atoms with Crippen LogP contribution < -0.4 is 10.5 Å². The van der Waals surface area contributed by atoms with Crippen LogP contribution in [-0.2, 0) is 13.2 Å². The number of nitrogens with two attached hydrogens (primary N) is 1. The van der Waals surface area contributed by atoms with Crippen LogP contribution in [0.15, 0.2) is 59.6 Å². The fourth-order valence-corrected chi connectivity index (χ4v) is 2.29. The second kappa shape index (κ2) is 10.9. The van der Waals surface area contributed by atoms with Crippen molar-refractivity contribution in [3.63, 3.8) is 0 Å². The molecule has 0 aliphatic carbocycles. The van der Waals surface area contributed by atoms with E-state index in [9.17, 15) is 0 Å². The minimum atomic E-state index is 0. The molecule has 0 bridgehead atoms. The molecule has 0 fully saturated rings. The van der Waals surface area contributed by atoms with E-state index in [2.05, 4.69) is 31.0 Å². The number of rotatable bonds is 7. The predicted molar refractivity (Wildman–Crippen MR) is 111 cm³/mol. The number of nitrogens with zero attached hydrogens (tertiary/aromatic N) is 2. The number of aliphatic imine (C=N–C) groups is 1. The lowest BCUT2D eigenvalue weighted by atomic mass is 10.2. The third-order valence-electron chi connectivity index (χ3n) is 3.66. The largest absolute Gasteiger partial charge is 0.489 e. The number of halogens is 1. The third kappa shape index (κ3) is 6.39. The average Bonchev–Trinajstić information content (AvgIpc) is 2.60. The van der Waals surface area contributed by atoms with Gasteiger partial charge in [0.05, 0.1) is 6.54 Å². The Morgan fingerprint density at radius 1 is 1.00 bits per heavy atom. The molecule has 0 aromatic heterocycles. The highest BCUT2D eigenvalue weighted by atomic mass is 127. The quantitative estimate of drug-likeness (QED) is 0.403. The molecule has 2 aromatic rings. The van der Waals surface area contributed by atoms with E-state index in [1.54, 1.807) is 0 Å². The van der Waals surface area contributed by atoms with Crippen LogP contribution in [0, 0.1) is 0 Å². The Balaban J connectivity index is 0.00000288. The molecule has 2 rings (SSSR count). The molecule has 5 heteroatoms. The molecule has 0 spiro atoms. The van der Waals surface area contributed by atoms with E-state index in [1.165, 1.54) is 0 Å². The van der Waals surface area contributed by atoms with Crippen LogP contribution in [0.2, 0.25) is 0 Å². The Morgan fingerprint density at radius 2 is 1.67 bits per heavy atom. The lowest BCUT2D eigenvalue weighted by Crippen LogP contribution is -2.37. The molecular weight excluding hydrogens is 413 g/mol. The lowest BCUT2D eigenvalue weighted by Gasteiger charge is -2.19. The van der Waals surface area contributed by atoms with Gasteiger partial charge in [-0.25, -0.2) is 4.99 Å². The second-order valence-corrected chi connectivity index (χ2v) is 5.27. The zero-order valence-electron chi connectivity index (χ0n) is 14.3. The van der Waals surface area contributed by atoms with E-state index >= 15 is 0 Å². The molecule has 0 saturated carbocycles. The Bertz CT molecular complexity index is 628. The highest BCUT2D eigenvalue weighted by molar-refractivity contribution is 14.0. The first kappa shape index (κ1) is 20.3. The number of guanidine groups is 1. The SMILES string of the molecule is CCN(CC)C(N)=NCc1cccc(OCc2ccccc2)c1.I. The van der Waals surface area contributed by atoms with Crippen molar-refractivity contribution in [1.82, 2.24) is 4.90 Å². The molecule has 0 amide bonds. The Morgan fingerprint density at radius 3 is 2.33 bits per heavy atom. The molecule has 0 saturated heterocycles. The monoisotopic (exact) mass is 439 g/mol. The molecule has 0 aliphatic rings. The summed E-state index contributed by atoms with van der Waals surface area (Å²) >= 11 is 0. The van der Waals surface area contributed by atoms with Gasteiger partial charge in [-0.05, 0) is 37.1 Å². The first-order valence-corrected chi connectivity index (χ1v) is 8.03. The first-order valence-electron chi connectivity index (χ1n) is 8.03. The van der Waals surface area contributed by atoms with Gasteiger partial charge in [0.15, 0.2) is 5.96 Å². The fourth-order valence-electron chi connectivity index (χ4n) is 2.29. The van der Waals surface area contributed by atoms with E-state index in [4.69, 9.17) is 10.5 Å². The summed E-state index contributed by atoms with van der Waals surface area (Å²) in [6.07, 6.45) is 0. The normalized spacial score (nSPS) is 10.8. The Hall–Kier alpha value is -1.76. The summed E-state index contributed by atoms with van der Waals surface area (Å²) in [5, 5.41) is 0. The summed E-state index contributed by atoms with van der Waals surface area (Å²) in [5.41, 5.74) is 8.25. The van der Waals surface area contributed by atoms with E-state index in [-0.39, 0.29) is 24.0 Å². The summed E-state index contributed by atoms with van der Waals surface area (Å²) in [5.74, 6) is 1.44. The zero-order valence-corrected chi connectivity index (χ0v) is 16.6. The van der Waals surface area contributed by atoms with Crippen molar-refractivity contribution < 1.29 is 4.74 Å². The summed E-state index contributed by atoms with van der Waals surface area (Å²) in [4.78, 5) is 6.50. The highest BCUT2D eigenvalue weighted by Gasteiger charge is 2.02. The summed E-state index contributed by atoms with van der Waals surface area (Å²) < 4.78 is 5.84. The molecule has 0 aliphatic heterocycles. The molecule has 130 valence electrons. The maximum absolute atomic E-state index is 6.00. The summed E-state index contributed by atoms with van der Waals surface area (Å²) in [7, 11) is 0. The fraction of sp³-hybridized carbons (Fsp3) is 0.316. The van der Waals surface area contributed by atoms with Gasteiger partial charge >= 0.3 is 0 Å². The van der Waals surface area contributed by atoms with Crippen molar-refractivity contribution in [3.8, 4) is 5.75 Å². The molecule has 0 atom stereocenters. The molecular formula is C19H26IN3O.